The largest absolute Gasteiger partial charge is 0.357 e. The fraction of sp³-hybridized carbons (Fsp3) is 0.667. The number of pyridine rings is 1. The van der Waals surface area contributed by atoms with Crippen LogP contribution in [0.15, 0.2) is 34.2 Å². The minimum atomic E-state index is 0. The van der Waals surface area contributed by atoms with Crippen molar-refractivity contribution in [3.8, 4) is 0 Å². The van der Waals surface area contributed by atoms with Crippen molar-refractivity contribution in [3.63, 3.8) is 0 Å². The maximum absolute atomic E-state index is 11.6. The molecule has 0 aliphatic carbocycles. The van der Waals surface area contributed by atoms with Crippen LogP contribution in [-0.2, 0) is 6.54 Å². The van der Waals surface area contributed by atoms with Crippen molar-refractivity contribution in [2.24, 2.45) is 10.4 Å². The number of hydrogen-bond donors (Lipinski definition) is 1. The molecular formula is C18H31IN4O. The monoisotopic (exact) mass is 446 g/mol. The molecule has 1 aliphatic heterocycles. The highest BCUT2D eigenvalue weighted by molar-refractivity contribution is 14.0. The van der Waals surface area contributed by atoms with Gasteiger partial charge in [0, 0.05) is 45.0 Å². The lowest BCUT2D eigenvalue weighted by Gasteiger charge is -2.23. The van der Waals surface area contributed by atoms with Gasteiger partial charge in [-0.2, -0.15) is 0 Å². The van der Waals surface area contributed by atoms with E-state index in [2.05, 4.69) is 31.0 Å². The lowest BCUT2D eigenvalue weighted by molar-refractivity contribution is 0.370. The first-order valence-electron chi connectivity index (χ1n) is 8.70. The van der Waals surface area contributed by atoms with E-state index in [1.54, 1.807) is 16.7 Å². The number of rotatable bonds is 6. The second-order valence-corrected chi connectivity index (χ2v) is 7.01. The van der Waals surface area contributed by atoms with Gasteiger partial charge in [0.2, 0.25) is 5.56 Å². The Balaban J connectivity index is 0.00000288. The van der Waals surface area contributed by atoms with Gasteiger partial charge in [-0.1, -0.05) is 19.9 Å². The van der Waals surface area contributed by atoms with Gasteiger partial charge >= 0.3 is 0 Å². The summed E-state index contributed by atoms with van der Waals surface area (Å²) in [7, 11) is 0. The van der Waals surface area contributed by atoms with Gasteiger partial charge in [-0.15, -0.1) is 24.0 Å². The lowest BCUT2D eigenvalue weighted by atomic mass is 9.93. The maximum atomic E-state index is 11.6. The van der Waals surface area contributed by atoms with Crippen molar-refractivity contribution >= 4 is 29.9 Å². The number of guanidine groups is 1. The predicted octanol–water partition coefficient (Wildman–Crippen LogP) is 2.94. The molecule has 0 saturated carbocycles. The number of hydrogen-bond acceptors (Lipinski definition) is 2. The topological polar surface area (TPSA) is 49.6 Å². The summed E-state index contributed by atoms with van der Waals surface area (Å²) in [6, 6.07) is 5.29. The fourth-order valence-electron chi connectivity index (χ4n) is 2.94. The fourth-order valence-corrected chi connectivity index (χ4v) is 2.94. The van der Waals surface area contributed by atoms with Gasteiger partial charge in [-0.05, 0) is 37.7 Å². The van der Waals surface area contributed by atoms with Gasteiger partial charge < -0.3 is 14.8 Å². The van der Waals surface area contributed by atoms with Gasteiger partial charge in [0.25, 0.3) is 0 Å². The molecular weight excluding hydrogens is 415 g/mol. The van der Waals surface area contributed by atoms with Crippen LogP contribution in [0.1, 0.15) is 40.0 Å². The Morgan fingerprint density at radius 2 is 2.12 bits per heavy atom. The number of aryl methyl sites for hydroxylation is 1. The number of unbranched alkanes of at least 4 members (excludes halogenated alkanes) is 1. The quantitative estimate of drug-likeness (QED) is 0.317. The molecule has 2 rings (SSSR count). The molecule has 24 heavy (non-hydrogen) atoms. The molecule has 1 aliphatic rings. The smallest absolute Gasteiger partial charge is 0.250 e. The van der Waals surface area contributed by atoms with Crippen molar-refractivity contribution in [1.29, 1.82) is 0 Å². The van der Waals surface area contributed by atoms with E-state index in [9.17, 15) is 4.79 Å². The van der Waals surface area contributed by atoms with Crippen LogP contribution in [0.2, 0.25) is 0 Å². The van der Waals surface area contributed by atoms with Crippen molar-refractivity contribution in [1.82, 2.24) is 14.8 Å². The number of likely N-dealkylation sites (tertiary alicyclic amines) is 1. The number of aromatic nitrogens is 1. The van der Waals surface area contributed by atoms with Gasteiger partial charge in [-0.3, -0.25) is 9.79 Å². The van der Waals surface area contributed by atoms with Crippen LogP contribution in [0, 0.1) is 5.41 Å². The molecule has 0 radical (unpaired) electrons. The summed E-state index contributed by atoms with van der Waals surface area (Å²) in [5.41, 5.74) is 0.452. The third-order valence-electron chi connectivity index (χ3n) is 4.28. The highest BCUT2D eigenvalue weighted by Gasteiger charge is 2.30. The van der Waals surface area contributed by atoms with Crippen LogP contribution in [0.4, 0.5) is 0 Å². The average Bonchev–Trinajstić information content (AvgIpc) is 2.87. The Morgan fingerprint density at radius 3 is 2.75 bits per heavy atom. The second kappa shape index (κ2) is 10.1. The standard InChI is InChI=1S/C18H30N4O.HI/c1-4-19-17(22-14-10-18(2,3)15-22)20-11-6-8-13-21-12-7-5-9-16(21)23;/h5,7,9,12H,4,6,8,10-11,13-15H2,1-3H3,(H,19,20);1H. The molecule has 0 spiro atoms. The predicted molar refractivity (Wildman–Crippen MR) is 111 cm³/mol. The Kier molecular flexibility index (Phi) is 8.80. The summed E-state index contributed by atoms with van der Waals surface area (Å²) in [6.07, 6.45) is 5.03. The van der Waals surface area contributed by atoms with Crippen LogP contribution in [0.3, 0.4) is 0 Å². The van der Waals surface area contributed by atoms with Crippen molar-refractivity contribution in [2.75, 3.05) is 26.2 Å². The third kappa shape index (κ3) is 6.45. The van der Waals surface area contributed by atoms with Gasteiger partial charge in [0.1, 0.15) is 0 Å². The van der Waals surface area contributed by atoms with Crippen molar-refractivity contribution in [2.45, 2.75) is 46.6 Å². The van der Waals surface area contributed by atoms with E-state index in [1.165, 1.54) is 6.42 Å². The third-order valence-corrected chi connectivity index (χ3v) is 4.28. The molecule has 0 atom stereocenters. The van der Waals surface area contributed by atoms with E-state index < -0.39 is 0 Å². The minimum Gasteiger partial charge on any atom is -0.357 e. The lowest BCUT2D eigenvalue weighted by Crippen LogP contribution is -2.40. The molecule has 1 saturated heterocycles. The molecule has 0 unspecified atom stereocenters. The van der Waals surface area contributed by atoms with Gasteiger partial charge in [0.15, 0.2) is 5.96 Å². The first kappa shape index (κ1) is 21.0. The van der Waals surface area contributed by atoms with E-state index in [1.807, 2.05) is 12.3 Å². The second-order valence-electron chi connectivity index (χ2n) is 7.01. The Morgan fingerprint density at radius 1 is 1.33 bits per heavy atom. The van der Waals surface area contributed by atoms with E-state index in [-0.39, 0.29) is 29.5 Å². The summed E-state index contributed by atoms with van der Waals surface area (Å²) in [5.74, 6) is 1.04. The Bertz CT molecular complexity index is 582. The molecule has 1 aromatic rings. The summed E-state index contributed by atoms with van der Waals surface area (Å²) >= 11 is 0. The zero-order valence-electron chi connectivity index (χ0n) is 15.1. The molecule has 2 heterocycles. The number of halogens is 1. The number of nitrogens with one attached hydrogen (secondary N) is 1. The SMILES string of the molecule is CCNC(=NCCCCn1ccccc1=O)N1CCC(C)(C)C1.I. The van der Waals surface area contributed by atoms with Crippen LogP contribution >= 0.6 is 24.0 Å². The minimum absolute atomic E-state index is 0. The van der Waals surface area contributed by atoms with Crippen molar-refractivity contribution < 1.29 is 0 Å². The highest BCUT2D eigenvalue weighted by atomic mass is 127. The van der Waals surface area contributed by atoms with Gasteiger partial charge in [0.05, 0.1) is 0 Å². The van der Waals surface area contributed by atoms with Crippen LogP contribution < -0.4 is 10.9 Å². The van der Waals surface area contributed by atoms with Crippen LogP contribution in [0.25, 0.3) is 0 Å². The summed E-state index contributed by atoms with van der Waals surface area (Å²) in [5, 5.41) is 3.40. The first-order chi connectivity index (χ1) is 11.0. The molecule has 5 nitrogen and oxygen atoms in total. The van der Waals surface area contributed by atoms with E-state index in [4.69, 9.17) is 4.99 Å². The van der Waals surface area contributed by atoms with Crippen LogP contribution in [-0.4, -0.2) is 41.6 Å². The highest BCUT2D eigenvalue weighted by Crippen LogP contribution is 2.28. The Labute approximate surface area is 162 Å². The van der Waals surface area contributed by atoms with Gasteiger partial charge in [-0.25, -0.2) is 0 Å². The van der Waals surface area contributed by atoms with E-state index in [0.29, 0.717) is 5.41 Å². The van der Waals surface area contributed by atoms with E-state index in [0.717, 1.165) is 51.5 Å². The number of nitrogens with zero attached hydrogens (tertiary/aromatic N) is 3. The molecule has 0 amide bonds. The first-order valence-corrected chi connectivity index (χ1v) is 8.70. The zero-order valence-corrected chi connectivity index (χ0v) is 17.5. The normalized spacial score (nSPS) is 16.8. The van der Waals surface area contributed by atoms with Crippen molar-refractivity contribution in [3.05, 3.63) is 34.7 Å². The summed E-state index contributed by atoms with van der Waals surface area (Å²) in [6.45, 7) is 11.4. The molecule has 1 N–H and O–H groups in total. The summed E-state index contributed by atoms with van der Waals surface area (Å²) < 4.78 is 1.76. The summed E-state index contributed by atoms with van der Waals surface area (Å²) in [4.78, 5) is 18.8. The van der Waals surface area contributed by atoms with Crippen LogP contribution in [0.5, 0.6) is 0 Å². The molecule has 6 heteroatoms. The van der Waals surface area contributed by atoms with E-state index >= 15 is 0 Å². The molecule has 1 aromatic heterocycles. The Hall–Kier alpha value is -1.05. The average molecular weight is 446 g/mol. The molecule has 136 valence electrons. The number of aliphatic imine (C=N–C) groups is 1. The zero-order chi connectivity index (χ0) is 16.7. The molecule has 0 bridgehead atoms. The molecule has 0 aromatic carbocycles. The molecule has 1 fully saturated rings. The maximum Gasteiger partial charge on any atom is 0.250 e.